The highest BCUT2D eigenvalue weighted by molar-refractivity contribution is 7.99. The number of carbonyl (C=O) groups excluding carboxylic acids is 2. The molecule has 0 unspecified atom stereocenters. The van der Waals surface area contributed by atoms with Crippen molar-refractivity contribution in [3.05, 3.63) is 41.0 Å². The van der Waals surface area contributed by atoms with Crippen LogP contribution in [0.3, 0.4) is 0 Å². The first-order valence-electron chi connectivity index (χ1n) is 8.23. The van der Waals surface area contributed by atoms with E-state index in [1.807, 2.05) is 12.1 Å². The van der Waals surface area contributed by atoms with E-state index in [-0.39, 0.29) is 33.9 Å². The number of carbonyl (C=O) groups is 2. The Morgan fingerprint density at radius 1 is 1.07 bits per heavy atom. The summed E-state index contributed by atoms with van der Waals surface area (Å²) < 4.78 is 0. The normalized spacial score (nSPS) is 11.3. The third-order valence-electron chi connectivity index (χ3n) is 3.89. The van der Waals surface area contributed by atoms with Crippen molar-refractivity contribution in [2.75, 3.05) is 0 Å². The topological polar surface area (TPSA) is 94.8 Å². The largest absolute Gasteiger partial charge is 0.507 e. The molecule has 0 spiro atoms. The monoisotopic (exact) mass is 390 g/mol. The number of ketones is 1. The molecule has 0 amide bonds. The standard InChI is InChI=1S/C20H16B2O5S/c1-11(24)8-14(9-23)28-10-13-4-2-12(3-5-13)6-7-15-18(25)16(21)17(22)20(27)19(15)26/h2-5,9,14,25-27H,8,10H2,1H3/t14-/m1/s1. The number of rotatable bonds is 6. The Hall–Kier alpha value is -2.78. The van der Waals surface area contributed by atoms with E-state index in [1.54, 1.807) is 12.1 Å². The van der Waals surface area contributed by atoms with Gasteiger partial charge in [-0.05, 0) is 24.6 Å². The molecule has 0 saturated carbocycles. The molecule has 8 heteroatoms. The Balaban J connectivity index is 2.15. The van der Waals surface area contributed by atoms with Gasteiger partial charge in [-0.15, -0.1) is 11.8 Å². The van der Waals surface area contributed by atoms with Crippen LogP contribution >= 0.6 is 11.8 Å². The van der Waals surface area contributed by atoms with Gasteiger partial charge in [-0.3, -0.25) is 4.79 Å². The molecule has 0 bridgehead atoms. The fourth-order valence-electron chi connectivity index (χ4n) is 2.32. The molecule has 0 saturated heterocycles. The minimum Gasteiger partial charge on any atom is -0.507 e. The summed E-state index contributed by atoms with van der Waals surface area (Å²) in [5.41, 5.74) is 0.745. The van der Waals surface area contributed by atoms with Gasteiger partial charge in [-0.2, -0.15) is 0 Å². The lowest BCUT2D eigenvalue weighted by Gasteiger charge is -2.11. The second kappa shape index (κ2) is 9.43. The number of aromatic hydroxyl groups is 3. The summed E-state index contributed by atoms with van der Waals surface area (Å²) in [5.74, 6) is 4.08. The van der Waals surface area contributed by atoms with Crippen molar-refractivity contribution in [1.82, 2.24) is 0 Å². The first-order valence-corrected chi connectivity index (χ1v) is 9.28. The van der Waals surface area contributed by atoms with Crippen molar-refractivity contribution in [3.8, 4) is 29.1 Å². The molecule has 5 nitrogen and oxygen atoms in total. The number of aldehydes is 1. The minimum atomic E-state index is -0.643. The van der Waals surface area contributed by atoms with Crippen LogP contribution in [0.2, 0.25) is 0 Å². The van der Waals surface area contributed by atoms with Crippen molar-refractivity contribution in [1.29, 1.82) is 0 Å². The van der Waals surface area contributed by atoms with Crippen LogP contribution in [0.15, 0.2) is 24.3 Å². The van der Waals surface area contributed by atoms with Gasteiger partial charge >= 0.3 is 0 Å². The van der Waals surface area contributed by atoms with E-state index in [4.69, 9.17) is 15.7 Å². The molecule has 0 aromatic heterocycles. The Morgan fingerprint density at radius 3 is 2.25 bits per heavy atom. The number of Topliss-reactive ketones (excluding diaryl/α,β-unsaturated/α-hetero) is 1. The number of benzene rings is 2. The molecule has 0 fully saturated rings. The van der Waals surface area contributed by atoms with Crippen molar-refractivity contribution in [2.45, 2.75) is 24.3 Å². The van der Waals surface area contributed by atoms with Crippen molar-refractivity contribution >= 4 is 50.4 Å². The maximum absolute atomic E-state index is 11.1. The molecule has 4 radical (unpaired) electrons. The number of phenolic OH excluding ortho intramolecular Hbond substituents is 3. The van der Waals surface area contributed by atoms with Crippen LogP contribution in [0.4, 0.5) is 0 Å². The molecule has 0 aliphatic carbocycles. The van der Waals surface area contributed by atoms with E-state index in [0.29, 0.717) is 11.3 Å². The highest BCUT2D eigenvalue weighted by Gasteiger charge is 2.16. The predicted molar refractivity (Wildman–Crippen MR) is 111 cm³/mol. The predicted octanol–water partition coefficient (Wildman–Crippen LogP) is 0.571. The van der Waals surface area contributed by atoms with Crippen LogP contribution in [0, 0.1) is 11.8 Å². The van der Waals surface area contributed by atoms with Crippen LogP contribution in [-0.4, -0.2) is 48.3 Å². The van der Waals surface area contributed by atoms with Crippen LogP contribution in [0.5, 0.6) is 17.2 Å². The van der Waals surface area contributed by atoms with Gasteiger partial charge in [-0.1, -0.05) is 34.9 Å². The third kappa shape index (κ3) is 5.14. The summed E-state index contributed by atoms with van der Waals surface area (Å²) in [7, 11) is 11.1. The first-order chi connectivity index (χ1) is 13.2. The van der Waals surface area contributed by atoms with Crippen molar-refractivity contribution in [2.24, 2.45) is 0 Å². The van der Waals surface area contributed by atoms with Crippen LogP contribution in [0.1, 0.15) is 30.0 Å². The summed E-state index contributed by atoms with van der Waals surface area (Å²) in [6, 6.07) is 7.11. The Morgan fingerprint density at radius 2 is 1.68 bits per heavy atom. The fraction of sp³-hybridized carbons (Fsp3) is 0.200. The zero-order chi connectivity index (χ0) is 20.8. The minimum absolute atomic E-state index is 0.0314. The van der Waals surface area contributed by atoms with E-state index in [2.05, 4.69) is 11.8 Å². The smallest absolute Gasteiger partial charge is 0.176 e. The van der Waals surface area contributed by atoms with Gasteiger partial charge in [0.05, 0.1) is 5.25 Å². The first kappa shape index (κ1) is 21.5. The maximum atomic E-state index is 11.1. The van der Waals surface area contributed by atoms with Crippen LogP contribution in [0.25, 0.3) is 0 Å². The fourth-order valence-corrected chi connectivity index (χ4v) is 3.35. The highest BCUT2D eigenvalue weighted by Crippen LogP contribution is 2.31. The summed E-state index contributed by atoms with van der Waals surface area (Å²) in [6.45, 7) is 1.45. The maximum Gasteiger partial charge on any atom is 0.176 e. The van der Waals surface area contributed by atoms with Gasteiger partial charge < -0.3 is 20.1 Å². The second-order valence-electron chi connectivity index (χ2n) is 6.09. The average molecular weight is 390 g/mol. The molecular formula is C20H16B2O5S. The van der Waals surface area contributed by atoms with E-state index < -0.39 is 17.2 Å². The molecule has 0 aliphatic rings. The van der Waals surface area contributed by atoms with E-state index in [9.17, 15) is 24.9 Å². The quantitative estimate of drug-likeness (QED) is 0.220. The lowest BCUT2D eigenvalue weighted by atomic mass is 9.78. The van der Waals surface area contributed by atoms with E-state index >= 15 is 0 Å². The van der Waals surface area contributed by atoms with Crippen LogP contribution < -0.4 is 10.9 Å². The number of phenols is 3. The number of hydrogen-bond donors (Lipinski definition) is 3. The van der Waals surface area contributed by atoms with Gasteiger partial charge in [0.1, 0.15) is 39.1 Å². The molecule has 0 aliphatic heterocycles. The number of thioether (sulfide) groups is 1. The molecule has 138 valence electrons. The Bertz CT molecular complexity index is 932. The Kier molecular flexibility index (Phi) is 7.24. The van der Waals surface area contributed by atoms with Crippen LogP contribution in [-0.2, 0) is 15.3 Å². The molecule has 2 aromatic rings. The van der Waals surface area contributed by atoms with Gasteiger partial charge in [0.2, 0.25) is 0 Å². The van der Waals surface area contributed by atoms with Gasteiger partial charge in [0.15, 0.2) is 11.5 Å². The van der Waals surface area contributed by atoms with Crippen molar-refractivity contribution in [3.63, 3.8) is 0 Å². The molecular weight excluding hydrogens is 374 g/mol. The summed E-state index contributed by atoms with van der Waals surface area (Å²) in [5, 5.41) is 29.2. The summed E-state index contributed by atoms with van der Waals surface area (Å²) in [4.78, 5) is 22.1. The zero-order valence-corrected chi connectivity index (χ0v) is 15.9. The molecule has 3 N–H and O–H groups in total. The molecule has 2 aromatic carbocycles. The molecule has 2 rings (SSSR count). The SMILES string of the molecule is [B]c1c([B])c(O)c(C#Cc2ccc(CS[C@@H](C=O)CC(C)=O)cc2)c(O)c1O. The number of hydrogen-bond acceptors (Lipinski definition) is 6. The van der Waals surface area contributed by atoms with Gasteiger partial charge in [-0.25, -0.2) is 0 Å². The lowest BCUT2D eigenvalue weighted by molar-refractivity contribution is -0.118. The highest BCUT2D eigenvalue weighted by atomic mass is 32.2. The Labute approximate surface area is 170 Å². The van der Waals surface area contributed by atoms with Crippen molar-refractivity contribution < 1.29 is 24.9 Å². The second-order valence-corrected chi connectivity index (χ2v) is 7.31. The average Bonchev–Trinajstić information content (AvgIpc) is 2.68. The van der Waals surface area contributed by atoms with E-state index in [0.717, 1.165) is 11.8 Å². The lowest BCUT2D eigenvalue weighted by Crippen LogP contribution is -2.26. The summed E-state index contributed by atoms with van der Waals surface area (Å²) in [6.07, 6.45) is 0.987. The third-order valence-corrected chi connectivity index (χ3v) is 5.09. The summed E-state index contributed by atoms with van der Waals surface area (Å²) >= 11 is 1.38. The molecule has 1 atom stereocenters. The zero-order valence-electron chi connectivity index (χ0n) is 15.1. The van der Waals surface area contributed by atoms with Gasteiger partial charge in [0.25, 0.3) is 0 Å². The van der Waals surface area contributed by atoms with E-state index in [1.165, 1.54) is 18.7 Å². The molecule has 0 heterocycles. The molecule has 28 heavy (non-hydrogen) atoms. The van der Waals surface area contributed by atoms with Gasteiger partial charge in [0, 0.05) is 17.7 Å².